The molecule has 7 nitrogen and oxygen atoms in total. The Morgan fingerprint density at radius 3 is 2.73 bits per heavy atom. The molecular weight excluding hydrogens is 330 g/mol. The Morgan fingerprint density at radius 2 is 2.00 bits per heavy atom. The first kappa shape index (κ1) is 18.3. The molecule has 1 amide bonds. The Labute approximate surface area is 153 Å². The minimum absolute atomic E-state index is 0.175. The number of anilines is 1. The van der Waals surface area contributed by atoms with Crippen molar-refractivity contribution >= 4 is 11.9 Å². The molecule has 0 aliphatic carbocycles. The Balaban J connectivity index is 1.43. The van der Waals surface area contributed by atoms with Gasteiger partial charge >= 0.3 is 0 Å². The van der Waals surface area contributed by atoms with Crippen molar-refractivity contribution in [2.45, 2.75) is 13.5 Å². The first-order valence-electron chi connectivity index (χ1n) is 8.90. The smallest absolute Gasteiger partial charge is 0.254 e. The summed E-state index contributed by atoms with van der Waals surface area (Å²) in [7, 11) is 0. The summed E-state index contributed by atoms with van der Waals surface area (Å²) in [5.41, 5.74) is 2.70. The highest BCUT2D eigenvalue weighted by atomic mass is 16.5. The van der Waals surface area contributed by atoms with Crippen LogP contribution in [0.2, 0.25) is 0 Å². The van der Waals surface area contributed by atoms with E-state index < -0.39 is 0 Å². The first-order chi connectivity index (χ1) is 12.7. The van der Waals surface area contributed by atoms with Crippen molar-refractivity contribution in [3.63, 3.8) is 0 Å². The van der Waals surface area contributed by atoms with Crippen molar-refractivity contribution in [3.8, 4) is 0 Å². The van der Waals surface area contributed by atoms with Gasteiger partial charge in [0, 0.05) is 45.1 Å². The summed E-state index contributed by atoms with van der Waals surface area (Å²) in [5, 5.41) is 6.08. The number of rotatable bonds is 7. The van der Waals surface area contributed by atoms with Crippen LogP contribution in [0.5, 0.6) is 0 Å². The normalized spacial score (nSPS) is 14.8. The maximum Gasteiger partial charge on any atom is 0.254 e. The molecule has 2 N–H and O–H groups in total. The molecule has 1 fully saturated rings. The fraction of sp³-hybridized carbons (Fsp3) is 0.421. The Morgan fingerprint density at radius 1 is 1.23 bits per heavy atom. The van der Waals surface area contributed by atoms with Gasteiger partial charge in [0.05, 0.1) is 18.8 Å². The second-order valence-electron chi connectivity index (χ2n) is 6.35. The number of hydrogen-bond donors (Lipinski definition) is 2. The van der Waals surface area contributed by atoms with Crippen molar-refractivity contribution in [2.75, 3.05) is 44.7 Å². The minimum atomic E-state index is -0.175. The highest BCUT2D eigenvalue weighted by molar-refractivity contribution is 5.93. The van der Waals surface area contributed by atoms with E-state index in [0.29, 0.717) is 18.1 Å². The molecule has 0 spiro atoms. The average molecular weight is 355 g/mol. The predicted octanol–water partition coefficient (Wildman–Crippen LogP) is 1.46. The van der Waals surface area contributed by atoms with Crippen LogP contribution in [0.15, 0.2) is 36.7 Å². The van der Waals surface area contributed by atoms with Crippen molar-refractivity contribution in [3.05, 3.63) is 53.3 Å². The van der Waals surface area contributed by atoms with Gasteiger partial charge in [-0.2, -0.15) is 0 Å². The number of hydrogen-bond acceptors (Lipinski definition) is 6. The monoisotopic (exact) mass is 355 g/mol. The first-order valence-corrected chi connectivity index (χ1v) is 8.90. The van der Waals surface area contributed by atoms with Crippen molar-refractivity contribution in [2.24, 2.45) is 0 Å². The highest BCUT2D eigenvalue weighted by Crippen LogP contribution is 2.05. The van der Waals surface area contributed by atoms with Crippen LogP contribution in [0.25, 0.3) is 0 Å². The summed E-state index contributed by atoms with van der Waals surface area (Å²) in [6.45, 7) is 7.71. The van der Waals surface area contributed by atoms with Gasteiger partial charge in [0.15, 0.2) is 0 Å². The zero-order valence-electron chi connectivity index (χ0n) is 15.1. The van der Waals surface area contributed by atoms with Gasteiger partial charge in [-0.05, 0) is 12.5 Å². The van der Waals surface area contributed by atoms with Crippen LogP contribution >= 0.6 is 0 Å². The van der Waals surface area contributed by atoms with Crippen molar-refractivity contribution in [1.82, 2.24) is 20.2 Å². The lowest BCUT2D eigenvalue weighted by molar-refractivity contribution is 0.0398. The SMILES string of the molecule is Cc1cccc(CNC(=O)c2cnc(NCCN3CCOCC3)nc2)c1. The Hall–Kier alpha value is -2.51. The largest absolute Gasteiger partial charge is 0.379 e. The van der Waals surface area contributed by atoms with E-state index in [1.54, 1.807) is 12.4 Å². The predicted molar refractivity (Wildman–Crippen MR) is 100 cm³/mol. The van der Waals surface area contributed by atoms with Crippen LogP contribution in [0.4, 0.5) is 5.95 Å². The van der Waals surface area contributed by atoms with Crippen molar-refractivity contribution < 1.29 is 9.53 Å². The van der Waals surface area contributed by atoms with Gasteiger partial charge in [-0.1, -0.05) is 29.8 Å². The lowest BCUT2D eigenvalue weighted by Crippen LogP contribution is -2.39. The molecule has 0 saturated carbocycles. The van der Waals surface area contributed by atoms with Crippen LogP contribution < -0.4 is 10.6 Å². The van der Waals surface area contributed by atoms with Gasteiger partial charge in [0.1, 0.15) is 0 Å². The molecule has 7 heteroatoms. The van der Waals surface area contributed by atoms with Crippen molar-refractivity contribution in [1.29, 1.82) is 0 Å². The third-order valence-corrected chi connectivity index (χ3v) is 4.26. The molecule has 1 aliphatic rings. The molecule has 138 valence electrons. The summed E-state index contributed by atoms with van der Waals surface area (Å²) in [6, 6.07) is 8.06. The number of carbonyl (C=O) groups is 1. The molecular formula is C19H25N5O2. The minimum Gasteiger partial charge on any atom is -0.379 e. The second kappa shape index (κ2) is 9.26. The van der Waals surface area contributed by atoms with Gasteiger partial charge in [-0.25, -0.2) is 9.97 Å². The molecule has 1 aliphatic heterocycles. The lowest BCUT2D eigenvalue weighted by Gasteiger charge is -2.26. The molecule has 1 aromatic heterocycles. The molecule has 0 unspecified atom stereocenters. The topological polar surface area (TPSA) is 79.4 Å². The van der Waals surface area contributed by atoms with Gasteiger partial charge in [-0.3, -0.25) is 9.69 Å². The van der Waals surface area contributed by atoms with Gasteiger partial charge in [0.25, 0.3) is 5.91 Å². The summed E-state index contributed by atoms with van der Waals surface area (Å²) >= 11 is 0. The molecule has 26 heavy (non-hydrogen) atoms. The van der Waals surface area contributed by atoms with E-state index in [9.17, 15) is 4.79 Å². The zero-order valence-corrected chi connectivity index (χ0v) is 15.1. The molecule has 1 aromatic carbocycles. The molecule has 2 aromatic rings. The summed E-state index contributed by atoms with van der Waals surface area (Å²) in [5.74, 6) is 0.361. The number of aryl methyl sites for hydroxylation is 1. The Bertz CT molecular complexity index is 714. The average Bonchev–Trinajstić information content (AvgIpc) is 2.68. The van der Waals surface area contributed by atoms with Crippen LogP contribution in [0, 0.1) is 6.92 Å². The number of benzene rings is 1. The molecule has 3 rings (SSSR count). The van der Waals surface area contributed by atoms with E-state index in [0.717, 1.165) is 45.0 Å². The van der Waals surface area contributed by atoms with E-state index in [1.807, 2.05) is 25.1 Å². The molecule has 0 atom stereocenters. The number of carbonyl (C=O) groups excluding carboxylic acids is 1. The number of ether oxygens (including phenoxy) is 1. The van der Waals surface area contributed by atoms with Gasteiger partial charge in [-0.15, -0.1) is 0 Å². The van der Waals surface area contributed by atoms with E-state index in [4.69, 9.17) is 4.74 Å². The maximum atomic E-state index is 12.2. The molecule has 0 bridgehead atoms. The standard InChI is InChI=1S/C19H25N5O2/c1-15-3-2-4-16(11-15)12-21-18(25)17-13-22-19(23-14-17)20-5-6-24-7-9-26-10-8-24/h2-4,11,13-14H,5-10,12H2,1H3,(H,21,25)(H,20,22,23). The Kier molecular flexibility index (Phi) is 6.51. The number of amides is 1. The van der Waals surface area contributed by atoms with E-state index in [2.05, 4.69) is 31.6 Å². The van der Waals surface area contributed by atoms with E-state index >= 15 is 0 Å². The fourth-order valence-electron chi connectivity index (χ4n) is 2.79. The highest BCUT2D eigenvalue weighted by Gasteiger charge is 2.10. The third kappa shape index (κ3) is 5.50. The summed E-state index contributed by atoms with van der Waals surface area (Å²) in [4.78, 5) is 23.0. The van der Waals surface area contributed by atoms with Crippen LogP contribution in [-0.4, -0.2) is 60.2 Å². The third-order valence-electron chi connectivity index (χ3n) is 4.26. The van der Waals surface area contributed by atoms with E-state index in [-0.39, 0.29) is 5.91 Å². The zero-order chi connectivity index (χ0) is 18.2. The number of nitrogens with zero attached hydrogens (tertiary/aromatic N) is 3. The molecule has 0 radical (unpaired) electrons. The summed E-state index contributed by atoms with van der Waals surface area (Å²) in [6.07, 6.45) is 3.10. The quantitative estimate of drug-likeness (QED) is 0.783. The van der Waals surface area contributed by atoms with Crippen LogP contribution in [-0.2, 0) is 11.3 Å². The van der Waals surface area contributed by atoms with Crippen LogP contribution in [0.1, 0.15) is 21.5 Å². The maximum absolute atomic E-state index is 12.2. The molecule has 1 saturated heterocycles. The number of nitrogens with one attached hydrogen (secondary N) is 2. The lowest BCUT2D eigenvalue weighted by atomic mass is 10.1. The van der Waals surface area contributed by atoms with Crippen LogP contribution in [0.3, 0.4) is 0 Å². The number of morpholine rings is 1. The molecule has 2 heterocycles. The fourth-order valence-corrected chi connectivity index (χ4v) is 2.79. The second-order valence-corrected chi connectivity index (χ2v) is 6.35. The van der Waals surface area contributed by atoms with E-state index in [1.165, 1.54) is 5.56 Å². The number of aromatic nitrogens is 2. The van der Waals surface area contributed by atoms with Gasteiger partial charge in [0.2, 0.25) is 5.95 Å². The van der Waals surface area contributed by atoms with Gasteiger partial charge < -0.3 is 15.4 Å². The summed E-state index contributed by atoms with van der Waals surface area (Å²) < 4.78 is 5.33.